The van der Waals surface area contributed by atoms with Crippen molar-refractivity contribution in [3.63, 3.8) is 0 Å². The van der Waals surface area contributed by atoms with Gasteiger partial charge in [0.1, 0.15) is 17.8 Å². The summed E-state index contributed by atoms with van der Waals surface area (Å²) in [5.74, 6) is -0.514. The van der Waals surface area contributed by atoms with Crippen LogP contribution in [0, 0.1) is 23.1 Å². The van der Waals surface area contributed by atoms with E-state index in [2.05, 4.69) is 31.4 Å². The van der Waals surface area contributed by atoms with E-state index in [0.29, 0.717) is 24.6 Å². The molecule has 4 heterocycles. The first-order chi connectivity index (χ1) is 20.0. The van der Waals surface area contributed by atoms with Crippen molar-refractivity contribution in [2.75, 3.05) is 11.4 Å². The zero-order chi connectivity index (χ0) is 28.4. The lowest BCUT2D eigenvalue weighted by atomic mass is 9.84. The number of aromatic nitrogens is 5. The fourth-order valence-corrected chi connectivity index (χ4v) is 6.24. The summed E-state index contributed by atoms with van der Waals surface area (Å²) in [6.45, 7) is 2.42. The Morgan fingerprint density at radius 3 is 2.93 bits per heavy atom. The van der Waals surface area contributed by atoms with Gasteiger partial charge in [0, 0.05) is 47.8 Å². The fraction of sp³-hybridized carbons (Fsp3) is 0.387. The number of nitrogens with zero attached hydrogens (tertiary/aromatic N) is 6. The van der Waals surface area contributed by atoms with Crippen LogP contribution in [0.4, 0.5) is 10.1 Å². The normalized spacial score (nSPS) is 20.2. The fourth-order valence-electron chi connectivity index (χ4n) is 6.24. The summed E-state index contributed by atoms with van der Waals surface area (Å²) >= 11 is 0. The summed E-state index contributed by atoms with van der Waals surface area (Å²) in [5, 5.41) is 18.3. The van der Waals surface area contributed by atoms with Crippen LogP contribution in [-0.2, 0) is 5.54 Å². The number of anilines is 1. The van der Waals surface area contributed by atoms with E-state index in [1.807, 2.05) is 47.2 Å². The minimum Gasteiger partial charge on any atom is -0.349 e. The highest BCUT2D eigenvalue weighted by Gasteiger charge is 2.37. The van der Waals surface area contributed by atoms with E-state index in [9.17, 15) is 10.1 Å². The Morgan fingerprint density at radius 1 is 1.27 bits per heavy atom. The van der Waals surface area contributed by atoms with Gasteiger partial charge in [0.2, 0.25) is 0 Å². The van der Waals surface area contributed by atoms with E-state index in [0.717, 1.165) is 35.1 Å². The van der Waals surface area contributed by atoms with Gasteiger partial charge in [0.05, 0.1) is 35.5 Å². The lowest BCUT2D eigenvalue weighted by Gasteiger charge is -2.39. The summed E-state index contributed by atoms with van der Waals surface area (Å²) in [7, 11) is 0. The number of hydrogen-bond donors (Lipinski definition) is 2. The molecule has 210 valence electrons. The van der Waals surface area contributed by atoms with Gasteiger partial charge < -0.3 is 15.2 Å². The van der Waals surface area contributed by atoms with Crippen LogP contribution < -0.4 is 10.2 Å². The Balaban J connectivity index is 1.22. The molecule has 1 unspecified atom stereocenters. The maximum atomic E-state index is 15.3. The molecule has 1 amide bonds. The molecule has 1 aromatic carbocycles. The number of benzene rings is 1. The number of amides is 1. The highest BCUT2D eigenvalue weighted by atomic mass is 19.1. The van der Waals surface area contributed by atoms with E-state index < -0.39 is 11.4 Å². The minimum atomic E-state index is -0.673. The molecule has 3 aromatic heterocycles. The second-order valence-corrected chi connectivity index (χ2v) is 11.2. The predicted molar refractivity (Wildman–Crippen MR) is 154 cm³/mol. The van der Waals surface area contributed by atoms with E-state index in [4.69, 9.17) is 0 Å². The number of rotatable bonds is 7. The maximum absolute atomic E-state index is 15.3. The number of H-pyrrole nitrogens is 1. The third-order valence-electron chi connectivity index (χ3n) is 8.60. The molecule has 41 heavy (non-hydrogen) atoms. The molecule has 0 spiro atoms. The second kappa shape index (κ2) is 11.2. The van der Waals surface area contributed by atoms with Crippen LogP contribution in [0.5, 0.6) is 0 Å². The molecule has 1 saturated carbocycles. The Hall–Kier alpha value is -4.52. The summed E-state index contributed by atoms with van der Waals surface area (Å²) in [6, 6.07) is 8.96. The lowest BCUT2D eigenvalue weighted by molar-refractivity contribution is 0.0915. The number of carbonyl (C=O) groups is 1. The first-order valence-corrected chi connectivity index (χ1v) is 14.2. The average molecular weight is 553 g/mol. The molecule has 2 N–H and O–H groups in total. The molecule has 0 radical (unpaired) electrons. The summed E-state index contributed by atoms with van der Waals surface area (Å²) in [5.41, 5.74) is 2.29. The minimum absolute atomic E-state index is 0.00755. The van der Waals surface area contributed by atoms with Crippen LogP contribution in [0.15, 0.2) is 61.5 Å². The Labute approximate surface area is 238 Å². The highest BCUT2D eigenvalue weighted by molar-refractivity contribution is 5.95. The second-order valence-electron chi connectivity index (χ2n) is 11.2. The monoisotopic (exact) mass is 552 g/mol. The number of allylic oxidation sites excluding steroid dienone is 1. The maximum Gasteiger partial charge on any atom is 0.254 e. The van der Waals surface area contributed by atoms with Gasteiger partial charge in [0.15, 0.2) is 0 Å². The molecule has 6 rings (SSSR count). The van der Waals surface area contributed by atoms with Crippen LogP contribution in [0.25, 0.3) is 22.3 Å². The van der Waals surface area contributed by atoms with Crippen molar-refractivity contribution in [3.8, 4) is 17.3 Å². The number of fused-ring (bicyclic) bond motifs is 1. The van der Waals surface area contributed by atoms with Gasteiger partial charge in [-0.3, -0.25) is 9.48 Å². The van der Waals surface area contributed by atoms with Gasteiger partial charge >= 0.3 is 0 Å². The number of nitrogens with one attached hydrogen (secondary N) is 2. The predicted octanol–water partition coefficient (Wildman–Crippen LogP) is 5.69. The molecule has 2 atom stereocenters. The topological polar surface area (TPSA) is 116 Å². The molecule has 1 fully saturated rings. The molecule has 1 aliphatic carbocycles. The van der Waals surface area contributed by atoms with Crippen molar-refractivity contribution < 1.29 is 9.18 Å². The van der Waals surface area contributed by atoms with Gasteiger partial charge in [0.25, 0.3) is 5.91 Å². The van der Waals surface area contributed by atoms with E-state index in [-0.39, 0.29) is 23.9 Å². The number of aromatic amines is 1. The number of carbonyl (C=O) groups excluding carboxylic acids is 1. The first-order valence-electron chi connectivity index (χ1n) is 14.2. The summed E-state index contributed by atoms with van der Waals surface area (Å²) in [4.78, 5) is 26.7. The molecule has 9 nitrogen and oxygen atoms in total. The largest absolute Gasteiger partial charge is 0.349 e. The van der Waals surface area contributed by atoms with Crippen LogP contribution in [0.1, 0.15) is 62.2 Å². The van der Waals surface area contributed by atoms with Crippen molar-refractivity contribution >= 4 is 22.6 Å². The van der Waals surface area contributed by atoms with Gasteiger partial charge in [-0.15, -0.1) is 0 Å². The molecule has 0 bridgehead atoms. The van der Waals surface area contributed by atoms with E-state index in [1.54, 1.807) is 18.3 Å². The quantitative estimate of drug-likeness (QED) is 0.304. The van der Waals surface area contributed by atoms with Crippen LogP contribution in [0.3, 0.4) is 0 Å². The third-order valence-corrected chi connectivity index (χ3v) is 8.60. The molecule has 2 aliphatic rings. The van der Waals surface area contributed by atoms with Gasteiger partial charge in [-0.05, 0) is 56.4 Å². The summed E-state index contributed by atoms with van der Waals surface area (Å²) in [6.07, 6.45) is 17.5. The van der Waals surface area contributed by atoms with Crippen molar-refractivity contribution in [2.24, 2.45) is 5.92 Å². The third kappa shape index (κ3) is 5.20. The zero-order valence-electron chi connectivity index (χ0n) is 23.1. The zero-order valence-corrected chi connectivity index (χ0v) is 23.1. The Morgan fingerprint density at radius 2 is 2.12 bits per heavy atom. The average Bonchev–Trinajstić information content (AvgIpc) is 3.68. The Kier molecular flexibility index (Phi) is 7.26. The Bertz CT molecular complexity index is 1630. The molecular weight excluding hydrogens is 519 g/mol. The van der Waals surface area contributed by atoms with Crippen molar-refractivity contribution in [1.82, 2.24) is 30.0 Å². The standard InChI is InChI=1S/C31H33FN8O/c1-21(22-6-3-2-4-7-22)38-30(41)25-9-8-24(16-27(25)32)39-15-5-11-31(19-39,12-13-33)40-18-23(17-37-40)28-26-10-14-34-29(26)36-20-35-28/h5,8-10,14-18,20-22H,2-4,6-7,11-12,19H2,1H3,(H,38,41)(H,34,35,36)/t21-,31?/m0/s1. The number of halogens is 1. The summed E-state index contributed by atoms with van der Waals surface area (Å²) < 4.78 is 17.1. The lowest BCUT2D eigenvalue weighted by Crippen LogP contribution is -2.46. The SMILES string of the molecule is C[C@H](NC(=O)c1ccc(N2C=CCC(CC#N)(n3cc(-c4ncnc5[nH]ccc45)cn3)C2)cc1F)C1CCCCC1. The smallest absolute Gasteiger partial charge is 0.254 e. The van der Waals surface area contributed by atoms with Crippen molar-refractivity contribution in [1.29, 1.82) is 5.26 Å². The van der Waals surface area contributed by atoms with Crippen LogP contribution in [-0.4, -0.2) is 43.2 Å². The molecule has 1 aliphatic heterocycles. The first kappa shape index (κ1) is 26.7. The molecule has 4 aromatic rings. The van der Waals surface area contributed by atoms with E-state index >= 15 is 4.39 Å². The molecule has 0 saturated heterocycles. The molecule has 10 heteroatoms. The van der Waals surface area contributed by atoms with Crippen molar-refractivity contribution in [2.45, 2.75) is 63.5 Å². The number of hydrogen-bond acceptors (Lipinski definition) is 6. The van der Waals surface area contributed by atoms with Gasteiger partial charge in [-0.25, -0.2) is 14.4 Å². The van der Waals surface area contributed by atoms with Gasteiger partial charge in [-0.1, -0.05) is 25.3 Å². The van der Waals surface area contributed by atoms with E-state index in [1.165, 1.54) is 31.7 Å². The van der Waals surface area contributed by atoms with Crippen molar-refractivity contribution in [3.05, 3.63) is 72.8 Å². The van der Waals surface area contributed by atoms with Crippen LogP contribution in [0.2, 0.25) is 0 Å². The van der Waals surface area contributed by atoms with Crippen LogP contribution >= 0.6 is 0 Å². The highest BCUT2D eigenvalue weighted by Crippen LogP contribution is 2.35. The molecular formula is C31H33FN8O. The number of nitriles is 1. The van der Waals surface area contributed by atoms with Gasteiger partial charge in [-0.2, -0.15) is 10.4 Å².